The van der Waals surface area contributed by atoms with Crippen molar-refractivity contribution >= 4 is 23.2 Å². The Balaban J connectivity index is 1.80. The van der Waals surface area contributed by atoms with Crippen LogP contribution in [-0.4, -0.2) is 37.0 Å². The molecule has 2 bridgehead atoms. The standard InChI is InChI=1S/C24H24ClFO4/c1-4-13-5-6-14(15-7-8-18(25)19(26)10-15)9-17(13)21-22(27)20-11-16(12-29-3)24(2,30-20)23(21)28/h5-10,16,20-21H,4,11-12H2,1-3H3/t16?,20-,21?,24+/m0/s1. The van der Waals surface area contributed by atoms with Crippen LogP contribution in [-0.2, 0) is 25.5 Å². The van der Waals surface area contributed by atoms with Gasteiger partial charge >= 0.3 is 0 Å². The van der Waals surface area contributed by atoms with Gasteiger partial charge in [0.05, 0.1) is 11.6 Å². The molecule has 4 atom stereocenters. The van der Waals surface area contributed by atoms with Crippen molar-refractivity contribution < 1.29 is 23.5 Å². The highest BCUT2D eigenvalue weighted by Crippen LogP contribution is 2.47. The maximum absolute atomic E-state index is 14.0. The zero-order valence-electron chi connectivity index (χ0n) is 17.2. The van der Waals surface area contributed by atoms with Gasteiger partial charge in [-0.25, -0.2) is 4.39 Å². The van der Waals surface area contributed by atoms with Gasteiger partial charge in [0, 0.05) is 13.0 Å². The molecule has 4 nitrogen and oxygen atoms in total. The van der Waals surface area contributed by atoms with E-state index in [-0.39, 0.29) is 22.5 Å². The van der Waals surface area contributed by atoms with E-state index in [1.807, 2.05) is 25.1 Å². The Morgan fingerprint density at radius 2 is 1.90 bits per heavy atom. The van der Waals surface area contributed by atoms with Crippen molar-refractivity contribution in [3.05, 3.63) is 58.4 Å². The van der Waals surface area contributed by atoms with E-state index < -0.39 is 23.4 Å². The molecule has 2 unspecified atom stereocenters. The highest BCUT2D eigenvalue weighted by molar-refractivity contribution is 6.30. The number of carbonyl (C=O) groups excluding carboxylic acids is 2. The average molecular weight is 431 g/mol. The van der Waals surface area contributed by atoms with Crippen molar-refractivity contribution in [3.8, 4) is 11.1 Å². The molecule has 30 heavy (non-hydrogen) atoms. The molecule has 0 N–H and O–H groups in total. The lowest BCUT2D eigenvalue weighted by atomic mass is 9.76. The van der Waals surface area contributed by atoms with Crippen LogP contribution in [0.4, 0.5) is 4.39 Å². The number of ether oxygens (including phenoxy) is 2. The number of carbonyl (C=O) groups is 2. The van der Waals surface area contributed by atoms with E-state index >= 15 is 0 Å². The van der Waals surface area contributed by atoms with Crippen LogP contribution in [0.5, 0.6) is 0 Å². The molecular weight excluding hydrogens is 407 g/mol. The maximum Gasteiger partial charge on any atom is 0.179 e. The van der Waals surface area contributed by atoms with Crippen LogP contribution >= 0.6 is 11.6 Å². The Bertz CT molecular complexity index is 1020. The number of ketones is 2. The van der Waals surface area contributed by atoms with E-state index in [1.165, 1.54) is 12.1 Å². The highest BCUT2D eigenvalue weighted by Gasteiger charge is 2.60. The molecule has 158 valence electrons. The van der Waals surface area contributed by atoms with Crippen LogP contribution in [0.15, 0.2) is 36.4 Å². The lowest BCUT2D eigenvalue weighted by Crippen LogP contribution is -2.52. The molecule has 2 heterocycles. The summed E-state index contributed by atoms with van der Waals surface area (Å²) in [4.78, 5) is 26.8. The summed E-state index contributed by atoms with van der Waals surface area (Å²) in [7, 11) is 1.58. The summed E-state index contributed by atoms with van der Waals surface area (Å²) in [5, 5.41) is 0.0487. The van der Waals surface area contributed by atoms with Crippen LogP contribution in [0, 0.1) is 11.7 Å². The molecule has 2 aromatic carbocycles. The van der Waals surface area contributed by atoms with E-state index in [1.54, 1.807) is 20.1 Å². The third kappa shape index (κ3) is 3.29. The summed E-state index contributed by atoms with van der Waals surface area (Å²) in [5.74, 6) is -1.99. The molecule has 0 aromatic heterocycles. The second kappa shape index (κ2) is 7.88. The number of halogens is 2. The molecule has 2 aliphatic heterocycles. The van der Waals surface area contributed by atoms with Gasteiger partial charge in [0.25, 0.3) is 0 Å². The fraction of sp³-hybridized carbons (Fsp3) is 0.417. The predicted molar refractivity (Wildman–Crippen MR) is 112 cm³/mol. The van der Waals surface area contributed by atoms with E-state index in [9.17, 15) is 14.0 Å². The molecule has 0 radical (unpaired) electrons. The lowest BCUT2D eigenvalue weighted by molar-refractivity contribution is -0.164. The van der Waals surface area contributed by atoms with Crippen LogP contribution in [0.2, 0.25) is 5.02 Å². The van der Waals surface area contributed by atoms with E-state index in [4.69, 9.17) is 21.1 Å². The van der Waals surface area contributed by atoms with Gasteiger partial charge in [-0.3, -0.25) is 9.59 Å². The molecule has 2 saturated heterocycles. The third-order valence-corrected chi connectivity index (χ3v) is 6.78. The molecular formula is C24H24ClFO4. The normalized spacial score (nSPS) is 28.2. The first-order valence-corrected chi connectivity index (χ1v) is 10.5. The minimum atomic E-state index is -1.05. The minimum Gasteiger partial charge on any atom is -0.384 e. The molecule has 4 rings (SSSR count). The molecule has 0 spiro atoms. The van der Waals surface area contributed by atoms with E-state index in [2.05, 4.69) is 0 Å². The second-order valence-corrected chi connectivity index (χ2v) is 8.60. The highest BCUT2D eigenvalue weighted by atomic mass is 35.5. The molecule has 2 fully saturated rings. The Kier molecular flexibility index (Phi) is 5.56. The number of rotatable bonds is 5. The number of methoxy groups -OCH3 is 1. The van der Waals surface area contributed by atoms with Crippen molar-refractivity contribution in [2.24, 2.45) is 5.92 Å². The molecule has 0 saturated carbocycles. The van der Waals surface area contributed by atoms with Crippen LogP contribution < -0.4 is 0 Å². The van der Waals surface area contributed by atoms with Crippen molar-refractivity contribution in [1.29, 1.82) is 0 Å². The molecule has 2 aromatic rings. The number of hydrogen-bond donors (Lipinski definition) is 0. The zero-order chi connectivity index (χ0) is 21.6. The first-order valence-electron chi connectivity index (χ1n) is 10.1. The Morgan fingerprint density at radius 3 is 2.57 bits per heavy atom. The number of fused-ring (bicyclic) bond motifs is 2. The minimum absolute atomic E-state index is 0.0487. The maximum atomic E-state index is 14.0. The lowest BCUT2D eigenvalue weighted by Gasteiger charge is -2.36. The van der Waals surface area contributed by atoms with Gasteiger partial charge < -0.3 is 9.47 Å². The van der Waals surface area contributed by atoms with Gasteiger partial charge in [-0.1, -0.05) is 36.7 Å². The van der Waals surface area contributed by atoms with Gasteiger partial charge in [-0.2, -0.15) is 0 Å². The zero-order valence-corrected chi connectivity index (χ0v) is 18.0. The van der Waals surface area contributed by atoms with Gasteiger partial charge in [-0.15, -0.1) is 0 Å². The molecule has 0 aliphatic carbocycles. The number of hydrogen-bond acceptors (Lipinski definition) is 4. The van der Waals surface area contributed by atoms with Gasteiger partial charge in [0.1, 0.15) is 23.4 Å². The Morgan fingerprint density at radius 1 is 1.20 bits per heavy atom. The fourth-order valence-electron chi connectivity index (χ4n) is 4.72. The first-order chi connectivity index (χ1) is 14.3. The summed E-state index contributed by atoms with van der Waals surface area (Å²) in [6, 6.07) is 10.2. The van der Waals surface area contributed by atoms with Crippen LogP contribution in [0.25, 0.3) is 11.1 Å². The largest absolute Gasteiger partial charge is 0.384 e. The van der Waals surface area contributed by atoms with Gasteiger partial charge in [-0.05, 0) is 60.2 Å². The average Bonchev–Trinajstić information content (AvgIpc) is 3.04. The third-order valence-electron chi connectivity index (χ3n) is 6.48. The van der Waals surface area contributed by atoms with Gasteiger partial charge in [0.15, 0.2) is 11.6 Å². The molecule has 6 heteroatoms. The predicted octanol–water partition coefficient (Wildman–Crippen LogP) is 4.75. The summed E-state index contributed by atoms with van der Waals surface area (Å²) in [5.41, 5.74) is 1.92. The van der Waals surface area contributed by atoms with E-state index in [0.717, 1.165) is 11.1 Å². The summed E-state index contributed by atoms with van der Waals surface area (Å²) >= 11 is 5.81. The fourth-order valence-corrected chi connectivity index (χ4v) is 4.84. The van der Waals surface area contributed by atoms with Crippen molar-refractivity contribution in [3.63, 3.8) is 0 Å². The number of benzene rings is 2. The van der Waals surface area contributed by atoms with Gasteiger partial charge in [0.2, 0.25) is 0 Å². The summed E-state index contributed by atoms with van der Waals surface area (Å²) in [6.45, 7) is 4.12. The van der Waals surface area contributed by atoms with Crippen molar-refractivity contribution in [2.45, 2.75) is 44.3 Å². The quantitative estimate of drug-likeness (QED) is 0.642. The first kappa shape index (κ1) is 21.2. The van der Waals surface area contributed by atoms with Crippen LogP contribution in [0.1, 0.15) is 37.3 Å². The summed E-state index contributed by atoms with van der Waals surface area (Å²) in [6.07, 6.45) is 0.541. The second-order valence-electron chi connectivity index (χ2n) is 8.20. The van der Waals surface area contributed by atoms with Crippen molar-refractivity contribution in [1.82, 2.24) is 0 Å². The van der Waals surface area contributed by atoms with E-state index in [0.29, 0.717) is 30.6 Å². The molecule has 0 amide bonds. The monoisotopic (exact) mass is 430 g/mol. The summed E-state index contributed by atoms with van der Waals surface area (Å²) < 4.78 is 25.2. The van der Waals surface area contributed by atoms with Crippen LogP contribution in [0.3, 0.4) is 0 Å². The Labute approximate surface area is 180 Å². The number of aryl methyl sites for hydroxylation is 1. The topological polar surface area (TPSA) is 52.6 Å². The molecule has 2 aliphatic rings. The Hall–Kier alpha value is -2.08. The number of Topliss-reactive ketones (excluding diaryl/α,β-unsaturated/α-hetero) is 2. The SMILES string of the molecule is CCc1ccc(-c2ccc(Cl)c(F)c2)cc1C1C(=O)[C@@H]2CC(COC)[C@@](C)(O2)C1=O. The smallest absolute Gasteiger partial charge is 0.179 e. The van der Waals surface area contributed by atoms with Crippen molar-refractivity contribution in [2.75, 3.05) is 13.7 Å².